The van der Waals surface area contributed by atoms with Crippen LogP contribution in [0.1, 0.15) is 20.7 Å². The van der Waals surface area contributed by atoms with Gasteiger partial charge in [-0.05, 0) is 6.07 Å². The molecule has 2 rings (SSSR count). The molecule has 1 aromatic heterocycles. The summed E-state index contributed by atoms with van der Waals surface area (Å²) in [5.41, 5.74) is 0.186. The molecule has 0 aliphatic carbocycles. The lowest BCUT2D eigenvalue weighted by Gasteiger charge is -2.17. The van der Waals surface area contributed by atoms with Crippen LogP contribution >= 0.6 is 0 Å². The maximum atomic E-state index is 12.2. The first-order valence-electron chi connectivity index (χ1n) is 4.78. The van der Waals surface area contributed by atoms with Gasteiger partial charge in [0.05, 0.1) is 17.7 Å². The predicted octanol–water partition coefficient (Wildman–Crippen LogP) is 0.304. The second-order valence-corrected chi connectivity index (χ2v) is 3.54. The fourth-order valence-electron chi connectivity index (χ4n) is 1.57. The highest BCUT2D eigenvalue weighted by Crippen LogP contribution is 2.22. The highest BCUT2D eigenvalue weighted by Gasteiger charge is 2.37. The Hall–Kier alpha value is -1.89. The van der Waals surface area contributed by atoms with E-state index < -0.39 is 30.9 Å². The van der Waals surface area contributed by atoms with Gasteiger partial charge in [-0.2, -0.15) is 0 Å². The second kappa shape index (κ2) is 4.17. The summed E-state index contributed by atoms with van der Waals surface area (Å²) in [6.07, 6.45) is -2.51. The molecule has 2 heterocycles. The number of rotatable bonds is 3. The summed E-state index contributed by atoms with van der Waals surface area (Å²) in [5, 5.41) is 8.99. The lowest BCUT2D eigenvalue weighted by molar-refractivity contribution is -0.0171. The molecule has 0 spiro atoms. The predicted molar refractivity (Wildman–Crippen MR) is 51.6 cm³/mol. The van der Waals surface area contributed by atoms with Crippen molar-refractivity contribution in [1.29, 1.82) is 0 Å². The minimum absolute atomic E-state index is 0.0685. The number of carbonyl (C=O) groups excluding carboxylic acids is 2. The Labute approximate surface area is 94.7 Å². The van der Waals surface area contributed by atoms with E-state index in [1.54, 1.807) is 0 Å². The van der Waals surface area contributed by atoms with Gasteiger partial charge in [-0.1, -0.05) is 0 Å². The smallest absolute Gasteiger partial charge is 0.265 e. The third-order valence-electron chi connectivity index (χ3n) is 2.43. The molecular weight excluding hydrogens is 234 g/mol. The van der Waals surface area contributed by atoms with Crippen LogP contribution in [0.25, 0.3) is 0 Å². The third kappa shape index (κ3) is 1.89. The summed E-state index contributed by atoms with van der Waals surface area (Å²) in [7, 11) is 0. The fourth-order valence-corrected chi connectivity index (χ4v) is 1.57. The minimum atomic E-state index is -3.00. The molecule has 0 saturated carbocycles. The second-order valence-electron chi connectivity index (χ2n) is 3.54. The van der Waals surface area contributed by atoms with Crippen molar-refractivity contribution < 1.29 is 23.5 Å². The maximum absolute atomic E-state index is 12.2. The van der Waals surface area contributed by atoms with Gasteiger partial charge in [-0.3, -0.25) is 19.5 Å². The van der Waals surface area contributed by atoms with E-state index in [2.05, 4.69) is 4.98 Å². The van der Waals surface area contributed by atoms with E-state index in [1.807, 2.05) is 0 Å². The Morgan fingerprint density at radius 3 is 2.53 bits per heavy atom. The Morgan fingerprint density at radius 2 is 1.94 bits per heavy atom. The molecule has 5 nitrogen and oxygen atoms in total. The Balaban J connectivity index is 2.25. The molecule has 90 valence electrons. The first-order valence-corrected chi connectivity index (χ1v) is 4.78. The molecule has 17 heavy (non-hydrogen) atoms. The number of imide groups is 1. The fraction of sp³-hybridized carbons (Fsp3) is 0.300. The number of alkyl halides is 2. The van der Waals surface area contributed by atoms with Crippen LogP contribution < -0.4 is 0 Å². The monoisotopic (exact) mass is 242 g/mol. The summed E-state index contributed by atoms with van der Waals surface area (Å²) in [6.45, 7) is -0.718. The van der Waals surface area contributed by atoms with Crippen LogP contribution in [0.15, 0.2) is 18.5 Å². The average molecular weight is 242 g/mol. The first-order chi connectivity index (χ1) is 8.02. The Bertz CT molecular complexity index is 443. The largest absolute Gasteiger partial charge is 0.385 e. The molecule has 1 aromatic rings. The van der Waals surface area contributed by atoms with E-state index in [9.17, 15) is 18.4 Å². The van der Waals surface area contributed by atoms with Crippen LogP contribution in [0, 0.1) is 0 Å². The maximum Gasteiger partial charge on any atom is 0.265 e. The molecule has 1 atom stereocenters. The van der Waals surface area contributed by atoms with Gasteiger partial charge in [-0.25, -0.2) is 8.78 Å². The molecule has 0 aromatic carbocycles. The number of pyridine rings is 1. The molecule has 1 aliphatic heterocycles. The number of hydrogen-bond acceptors (Lipinski definition) is 4. The Morgan fingerprint density at radius 1 is 1.29 bits per heavy atom. The first kappa shape index (κ1) is 11.6. The average Bonchev–Trinajstić information content (AvgIpc) is 2.55. The highest BCUT2D eigenvalue weighted by atomic mass is 19.3. The molecule has 0 radical (unpaired) electrons. The lowest BCUT2D eigenvalue weighted by Crippen LogP contribution is -2.39. The van der Waals surface area contributed by atoms with Crippen LogP contribution in [-0.4, -0.2) is 45.9 Å². The number of hydrogen-bond donors (Lipinski definition) is 1. The van der Waals surface area contributed by atoms with Gasteiger partial charge in [0.1, 0.15) is 6.10 Å². The molecular formula is C10H8F2N2O3. The van der Waals surface area contributed by atoms with Crippen LogP contribution in [0.5, 0.6) is 0 Å². The van der Waals surface area contributed by atoms with E-state index in [0.29, 0.717) is 4.90 Å². The van der Waals surface area contributed by atoms with Gasteiger partial charge in [0.2, 0.25) is 0 Å². The number of aromatic nitrogens is 1. The number of β-amino-alcohol motifs (C(OH)–C–C–N with tert-alkyl or cyclic N) is 1. The molecule has 0 bridgehead atoms. The number of nitrogens with zero attached hydrogens (tertiary/aromatic N) is 2. The van der Waals surface area contributed by atoms with E-state index >= 15 is 0 Å². The summed E-state index contributed by atoms with van der Waals surface area (Å²) in [6, 6.07) is 1.34. The van der Waals surface area contributed by atoms with Crippen molar-refractivity contribution in [2.45, 2.75) is 12.5 Å². The standard InChI is InChI=1S/C10H8F2N2O3/c11-8(12)7(15)4-14-9(16)5-1-2-13-3-6(5)10(14)17/h1-3,7-8,15H,4H2. The highest BCUT2D eigenvalue weighted by molar-refractivity contribution is 6.21. The number of aliphatic hydroxyl groups is 1. The number of fused-ring (bicyclic) bond motifs is 1. The molecule has 7 heteroatoms. The molecule has 1 aliphatic rings. The zero-order valence-electron chi connectivity index (χ0n) is 8.51. The van der Waals surface area contributed by atoms with Crippen molar-refractivity contribution in [3.63, 3.8) is 0 Å². The van der Waals surface area contributed by atoms with Crippen molar-refractivity contribution in [1.82, 2.24) is 9.88 Å². The van der Waals surface area contributed by atoms with Crippen molar-refractivity contribution in [3.8, 4) is 0 Å². The molecule has 0 fully saturated rings. The van der Waals surface area contributed by atoms with Crippen molar-refractivity contribution in [3.05, 3.63) is 29.6 Å². The molecule has 2 amide bonds. The summed E-state index contributed by atoms with van der Waals surface area (Å²) in [4.78, 5) is 27.6. The third-order valence-corrected chi connectivity index (χ3v) is 2.43. The van der Waals surface area contributed by atoms with Crippen LogP contribution in [0.2, 0.25) is 0 Å². The van der Waals surface area contributed by atoms with Gasteiger partial charge >= 0.3 is 0 Å². The van der Waals surface area contributed by atoms with Gasteiger partial charge in [0.25, 0.3) is 18.2 Å². The van der Waals surface area contributed by atoms with Gasteiger partial charge in [0.15, 0.2) is 0 Å². The topological polar surface area (TPSA) is 70.5 Å². The lowest BCUT2D eigenvalue weighted by atomic mass is 10.2. The van der Waals surface area contributed by atoms with Crippen LogP contribution in [-0.2, 0) is 0 Å². The minimum Gasteiger partial charge on any atom is -0.385 e. The number of halogens is 2. The zero-order chi connectivity index (χ0) is 12.6. The SMILES string of the molecule is O=C1c2ccncc2C(=O)N1CC(O)C(F)F. The summed E-state index contributed by atoms with van der Waals surface area (Å²) >= 11 is 0. The van der Waals surface area contributed by atoms with E-state index in [1.165, 1.54) is 18.5 Å². The Kier molecular flexibility index (Phi) is 2.84. The van der Waals surface area contributed by atoms with Crippen LogP contribution in [0.4, 0.5) is 8.78 Å². The van der Waals surface area contributed by atoms with E-state index in [-0.39, 0.29) is 11.1 Å². The van der Waals surface area contributed by atoms with Crippen molar-refractivity contribution >= 4 is 11.8 Å². The molecule has 1 unspecified atom stereocenters. The number of aliphatic hydroxyl groups excluding tert-OH is 1. The van der Waals surface area contributed by atoms with Gasteiger partial charge in [0, 0.05) is 12.4 Å². The van der Waals surface area contributed by atoms with E-state index in [0.717, 1.165) is 0 Å². The van der Waals surface area contributed by atoms with Gasteiger partial charge in [-0.15, -0.1) is 0 Å². The summed E-state index contributed by atoms with van der Waals surface area (Å²) in [5.74, 6) is -1.40. The van der Waals surface area contributed by atoms with Crippen LogP contribution in [0.3, 0.4) is 0 Å². The van der Waals surface area contributed by atoms with E-state index in [4.69, 9.17) is 5.11 Å². The van der Waals surface area contributed by atoms with Gasteiger partial charge < -0.3 is 5.11 Å². The quantitative estimate of drug-likeness (QED) is 0.774. The normalized spacial score (nSPS) is 16.6. The zero-order valence-corrected chi connectivity index (χ0v) is 8.51. The number of amides is 2. The van der Waals surface area contributed by atoms with Crippen molar-refractivity contribution in [2.24, 2.45) is 0 Å². The summed E-state index contributed by atoms with van der Waals surface area (Å²) < 4.78 is 24.3. The molecule has 0 saturated heterocycles. The van der Waals surface area contributed by atoms with Crippen molar-refractivity contribution in [2.75, 3.05) is 6.54 Å². The number of carbonyl (C=O) groups is 2. The molecule has 1 N–H and O–H groups in total.